The summed E-state index contributed by atoms with van der Waals surface area (Å²) in [5.41, 5.74) is 0. The monoisotopic (exact) mass is 242 g/mol. The first-order valence-corrected chi connectivity index (χ1v) is 3.89. The van der Waals surface area contributed by atoms with Crippen LogP contribution >= 0.6 is 17.0 Å². The number of rotatable bonds is 4. The summed E-state index contributed by atoms with van der Waals surface area (Å²) in [6.07, 6.45) is 0. The van der Waals surface area contributed by atoms with Gasteiger partial charge in [-0.15, -0.1) is 17.0 Å². The molecule has 0 aliphatic carbocycles. The van der Waals surface area contributed by atoms with Gasteiger partial charge in [0.25, 0.3) is 0 Å². The first kappa shape index (κ1) is 14.9. The average molecular weight is 243 g/mol. The predicted molar refractivity (Wildman–Crippen MR) is 57.2 cm³/mol. The van der Waals surface area contributed by atoms with Gasteiger partial charge in [0.1, 0.15) is 0 Å². The molecule has 0 bridgehead atoms. The molecular weight excluding hydrogens is 220 g/mol. The van der Waals surface area contributed by atoms with Crippen LogP contribution in [0.3, 0.4) is 0 Å². The maximum absolute atomic E-state index is 5.51. The Hall–Kier alpha value is 0.360. The SMILES string of the molecule is Br.C[N+](C)(C)COC[N+](C)(C)C. The molecule has 0 aliphatic heterocycles. The summed E-state index contributed by atoms with van der Waals surface area (Å²) in [6, 6.07) is 0. The molecule has 0 radical (unpaired) electrons. The van der Waals surface area contributed by atoms with E-state index in [0.29, 0.717) is 0 Å². The fourth-order valence-corrected chi connectivity index (χ4v) is 0.589. The maximum atomic E-state index is 5.51. The van der Waals surface area contributed by atoms with E-state index in [1.165, 1.54) is 0 Å². The summed E-state index contributed by atoms with van der Waals surface area (Å²) in [5.74, 6) is 0. The van der Waals surface area contributed by atoms with E-state index >= 15 is 0 Å². The third-order valence-corrected chi connectivity index (χ3v) is 0.957. The van der Waals surface area contributed by atoms with Crippen LogP contribution in [0, 0.1) is 0 Å². The van der Waals surface area contributed by atoms with Gasteiger partial charge in [-0.2, -0.15) is 0 Å². The number of quaternary nitrogens is 2. The van der Waals surface area contributed by atoms with Crippen LogP contribution < -0.4 is 0 Å². The van der Waals surface area contributed by atoms with Gasteiger partial charge in [0.05, 0.1) is 42.3 Å². The molecule has 0 amide bonds. The Morgan fingerprint density at radius 3 is 1.17 bits per heavy atom. The average Bonchev–Trinajstić information content (AvgIpc) is 1.55. The fourth-order valence-electron chi connectivity index (χ4n) is 0.589. The standard InChI is InChI=1S/C8H22N2O.BrH/c1-9(2,3)7-11-8-10(4,5)6;/h7-8H2,1-6H3;1H/q+2;. The third-order valence-electron chi connectivity index (χ3n) is 0.957. The highest BCUT2D eigenvalue weighted by Crippen LogP contribution is 1.94. The van der Waals surface area contributed by atoms with E-state index in [1.807, 2.05) is 0 Å². The lowest BCUT2D eigenvalue weighted by Gasteiger charge is -2.27. The van der Waals surface area contributed by atoms with Gasteiger partial charge in [0.2, 0.25) is 0 Å². The van der Waals surface area contributed by atoms with Crippen molar-refractivity contribution in [2.24, 2.45) is 0 Å². The first-order valence-electron chi connectivity index (χ1n) is 3.89. The van der Waals surface area contributed by atoms with E-state index in [9.17, 15) is 0 Å². The second-order valence-electron chi connectivity index (χ2n) is 5.04. The van der Waals surface area contributed by atoms with E-state index in [4.69, 9.17) is 4.74 Å². The van der Waals surface area contributed by atoms with Crippen molar-refractivity contribution in [2.45, 2.75) is 0 Å². The zero-order chi connectivity index (χ0) is 9.12. The normalized spacial score (nSPS) is 12.5. The molecule has 76 valence electrons. The molecule has 0 rings (SSSR count). The first-order chi connectivity index (χ1) is 4.71. The summed E-state index contributed by atoms with van der Waals surface area (Å²) >= 11 is 0. The topological polar surface area (TPSA) is 9.23 Å². The number of ether oxygens (including phenoxy) is 1. The van der Waals surface area contributed by atoms with Crippen molar-refractivity contribution in [1.29, 1.82) is 0 Å². The molecule has 3 nitrogen and oxygen atoms in total. The summed E-state index contributed by atoms with van der Waals surface area (Å²) < 4.78 is 7.23. The van der Waals surface area contributed by atoms with Crippen molar-refractivity contribution in [1.82, 2.24) is 0 Å². The second kappa shape index (κ2) is 5.17. The Kier molecular flexibility index (Phi) is 6.40. The van der Waals surface area contributed by atoms with Crippen molar-refractivity contribution in [3.8, 4) is 0 Å². The van der Waals surface area contributed by atoms with E-state index < -0.39 is 0 Å². The molecule has 0 aliphatic rings. The van der Waals surface area contributed by atoms with Crippen LogP contribution in [0.25, 0.3) is 0 Å². The van der Waals surface area contributed by atoms with Gasteiger partial charge in [-0.3, -0.25) is 4.74 Å². The molecule has 0 aromatic heterocycles. The maximum Gasteiger partial charge on any atom is 0.188 e. The Morgan fingerprint density at radius 1 is 0.750 bits per heavy atom. The lowest BCUT2D eigenvalue weighted by atomic mass is 10.7. The summed E-state index contributed by atoms with van der Waals surface area (Å²) in [6.45, 7) is 1.55. The van der Waals surface area contributed by atoms with Crippen LogP contribution in [0.2, 0.25) is 0 Å². The highest BCUT2D eigenvalue weighted by Gasteiger charge is 2.11. The summed E-state index contributed by atoms with van der Waals surface area (Å²) in [7, 11) is 12.7. The van der Waals surface area contributed by atoms with Gasteiger partial charge in [-0.25, -0.2) is 0 Å². The Balaban J connectivity index is 0. The van der Waals surface area contributed by atoms with Gasteiger partial charge in [0, 0.05) is 0 Å². The third kappa shape index (κ3) is 13.0. The fraction of sp³-hybridized carbons (Fsp3) is 1.00. The van der Waals surface area contributed by atoms with E-state index in [-0.39, 0.29) is 17.0 Å². The van der Waals surface area contributed by atoms with Crippen molar-refractivity contribution >= 4 is 17.0 Å². The molecule has 0 heterocycles. The van der Waals surface area contributed by atoms with Gasteiger partial charge < -0.3 is 8.97 Å². The van der Waals surface area contributed by atoms with Crippen LogP contribution in [-0.4, -0.2) is 64.7 Å². The molecule has 0 saturated carbocycles. The Morgan fingerprint density at radius 2 is 1.00 bits per heavy atom. The second-order valence-corrected chi connectivity index (χ2v) is 5.04. The van der Waals surface area contributed by atoms with E-state index in [1.54, 1.807) is 0 Å². The molecule has 4 heteroatoms. The molecule has 0 N–H and O–H groups in total. The van der Waals surface area contributed by atoms with Gasteiger partial charge in [0.15, 0.2) is 13.5 Å². The smallest absolute Gasteiger partial charge is 0.188 e. The van der Waals surface area contributed by atoms with Crippen molar-refractivity contribution < 1.29 is 13.7 Å². The van der Waals surface area contributed by atoms with E-state index in [0.717, 1.165) is 22.4 Å². The van der Waals surface area contributed by atoms with Crippen LogP contribution in [0.5, 0.6) is 0 Å². The minimum Gasteiger partial charge on any atom is -0.308 e. The van der Waals surface area contributed by atoms with E-state index in [2.05, 4.69) is 42.3 Å². The lowest BCUT2D eigenvalue weighted by Crippen LogP contribution is -2.42. The lowest BCUT2D eigenvalue weighted by molar-refractivity contribution is -0.926. The van der Waals surface area contributed by atoms with Crippen molar-refractivity contribution in [3.05, 3.63) is 0 Å². The number of hydrogen-bond donors (Lipinski definition) is 0. The highest BCUT2D eigenvalue weighted by molar-refractivity contribution is 8.93. The molecule has 0 aromatic rings. The number of halogens is 1. The number of hydrogen-bond acceptors (Lipinski definition) is 1. The van der Waals surface area contributed by atoms with Gasteiger partial charge >= 0.3 is 0 Å². The molecular formula is C8H23BrN2O+2. The van der Waals surface area contributed by atoms with Crippen LogP contribution in [0.15, 0.2) is 0 Å². The molecule has 0 spiro atoms. The van der Waals surface area contributed by atoms with Gasteiger partial charge in [-0.05, 0) is 0 Å². The summed E-state index contributed by atoms with van der Waals surface area (Å²) in [4.78, 5) is 0. The Labute approximate surface area is 86.9 Å². The molecule has 0 saturated heterocycles. The van der Waals surface area contributed by atoms with Crippen molar-refractivity contribution in [3.63, 3.8) is 0 Å². The zero-order valence-electron chi connectivity index (χ0n) is 9.13. The van der Waals surface area contributed by atoms with Crippen LogP contribution in [0.1, 0.15) is 0 Å². The molecule has 0 fully saturated rings. The van der Waals surface area contributed by atoms with Crippen molar-refractivity contribution in [2.75, 3.05) is 55.7 Å². The summed E-state index contributed by atoms with van der Waals surface area (Å²) in [5, 5.41) is 0. The minimum absolute atomic E-state index is 0. The minimum atomic E-state index is 0. The predicted octanol–water partition coefficient (Wildman–Crippen LogP) is 0.908. The van der Waals surface area contributed by atoms with Gasteiger partial charge in [-0.1, -0.05) is 0 Å². The molecule has 0 atom stereocenters. The van der Waals surface area contributed by atoms with Crippen LogP contribution in [-0.2, 0) is 4.74 Å². The zero-order valence-corrected chi connectivity index (χ0v) is 10.8. The highest BCUT2D eigenvalue weighted by atomic mass is 79.9. The molecule has 0 aromatic carbocycles. The number of nitrogens with zero attached hydrogens (tertiary/aromatic N) is 2. The quantitative estimate of drug-likeness (QED) is 0.527. The largest absolute Gasteiger partial charge is 0.308 e. The Bertz CT molecular complexity index is 101. The molecule has 12 heavy (non-hydrogen) atoms. The van der Waals surface area contributed by atoms with Crippen LogP contribution in [0.4, 0.5) is 0 Å². The molecule has 0 unspecified atom stereocenters.